The number of aromatic nitrogens is 2. The Hall–Kier alpha value is -1.64. The van der Waals surface area contributed by atoms with E-state index in [0.29, 0.717) is 32.1 Å². The third-order valence-corrected chi connectivity index (χ3v) is 4.37. The lowest BCUT2D eigenvalue weighted by molar-refractivity contribution is -0.0346. The maximum absolute atomic E-state index is 12.9. The fraction of sp³-hybridized carbons (Fsp3) is 0.467. The van der Waals surface area contributed by atoms with Crippen molar-refractivity contribution in [2.45, 2.75) is 26.2 Å². The molecule has 23 heavy (non-hydrogen) atoms. The van der Waals surface area contributed by atoms with Gasteiger partial charge in [-0.15, -0.1) is 11.3 Å². The summed E-state index contributed by atoms with van der Waals surface area (Å²) in [6.45, 7) is 4.10. The first-order chi connectivity index (χ1) is 11.1. The molecule has 1 aliphatic heterocycles. The van der Waals surface area contributed by atoms with Crippen molar-refractivity contribution in [1.29, 1.82) is 0 Å². The zero-order chi connectivity index (χ0) is 16.2. The number of ether oxygens (including phenoxy) is 2. The quantitative estimate of drug-likeness (QED) is 0.808. The van der Waals surface area contributed by atoms with Gasteiger partial charge in [-0.05, 0) is 25.1 Å². The van der Waals surface area contributed by atoms with E-state index in [-0.39, 0.29) is 6.29 Å². The Morgan fingerprint density at radius 2 is 2.09 bits per heavy atom. The zero-order valence-electron chi connectivity index (χ0n) is 12.6. The van der Waals surface area contributed by atoms with Crippen molar-refractivity contribution in [3.8, 4) is 0 Å². The van der Waals surface area contributed by atoms with Gasteiger partial charge in [0.1, 0.15) is 5.82 Å². The molecule has 0 bridgehead atoms. The second kappa shape index (κ2) is 7.29. The van der Waals surface area contributed by atoms with Gasteiger partial charge in [-0.3, -0.25) is 0 Å². The largest absolute Gasteiger partial charge is 0.348 e. The van der Waals surface area contributed by atoms with E-state index in [0.717, 1.165) is 4.88 Å². The summed E-state index contributed by atoms with van der Waals surface area (Å²) >= 11 is 1.66. The van der Waals surface area contributed by atoms with Crippen LogP contribution >= 0.6 is 11.3 Å². The van der Waals surface area contributed by atoms with Crippen molar-refractivity contribution in [1.82, 2.24) is 9.97 Å². The van der Waals surface area contributed by atoms with Crippen molar-refractivity contribution in [2.24, 2.45) is 0 Å². The molecule has 0 unspecified atom stereocenters. The van der Waals surface area contributed by atoms with Crippen molar-refractivity contribution >= 4 is 17.2 Å². The first-order valence-electron chi connectivity index (χ1n) is 7.26. The van der Waals surface area contributed by atoms with Crippen LogP contribution in [-0.4, -0.2) is 36.0 Å². The number of hydrogen-bond acceptors (Lipinski definition) is 6. The van der Waals surface area contributed by atoms with Crippen LogP contribution < -0.4 is 4.90 Å². The van der Waals surface area contributed by atoms with Gasteiger partial charge in [0.2, 0.25) is 0 Å². The van der Waals surface area contributed by atoms with Crippen LogP contribution in [0.5, 0.6) is 0 Å². The van der Waals surface area contributed by atoms with Gasteiger partial charge in [0.15, 0.2) is 12.1 Å². The minimum absolute atomic E-state index is 0.374. The zero-order valence-corrected chi connectivity index (χ0v) is 13.4. The summed E-state index contributed by atoms with van der Waals surface area (Å²) in [6.07, 6.45) is -1.71. The maximum Gasteiger partial charge on any atom is 0.297 e. The minimum atomic E-state index is -2.69. The summed E-state index contributed by atoms with van der Waals surface area (Å²) in [5, 5.41) is 0. The number of aryl methyl sites for hydroxylation is 1. The van der Waals surface area contributed by atoms with Crippen molar-refractivity contribution in [3.63, 3.8) is 0 Å². The molecule has 0 atom stereocenters. The van der Waals surface area contributed by atoms with E-state index in [4.69, 9.17) is 9.47 Å². The van der Waals surface area contributed by atoms with E-state index in [1.165, 1.54) is 11.1 Å². The Kier molecular flexibility index (Phi) is 5.14. The molecule has 0 saturated carbocycles. The SMILES string of the molecule is Cc1ccc(CN(CC2OCCO2)c2ccnc(C(F)F)n2)s1. The molecule has 8 heteroatoms. The van der Waals surface area contributed by atoms with Crippen LogP contribution in [0, 0.1) is 6.92 Å². The topological polar surface area (TPSA) is 47.5 Å². The molecule has 3 heterocycles. The van der Waals surface area contributed by atoms with Crippen LogP contribution in [-0.2, 0) is 16.0 Å². The highest BCUT2D eigenvalue weighted by molar-refractivity contribution is 7.11. The average Bonchev–Trinajstić information content (AvgIpc) is 3.19. The Labute approximate surface area is 136 Å². The van der Waals surface area contributed by atoms with E-state index in [2.05, 4.69) is 9.97 Å². The highest BCUT2D eigenvalue weighted by Gasteiger charge is 2.22. The summed E-state index contributed by atoms with van der Waals surface area (Å²) in [5.74, 6) is -0.0245. The van der Waals surface area contributed by atoms with Gasteiger partial charge < -0.3 is 14.4 Å². The molecule has 2 aromatic heterocycles. The molecule has 3 rings (SSSR count). The molecule has 2 aromatic rings. The van der Waals surface area contributed by atoms with E-state index < -0.39 is 12.2 Å². The molecule has 5 nitrogen and oxygen atoms in total. The van der Waals surface area contributed by atoms with Gasteiger partial charge in [-0.25, -0.2) is 18.7 Å². The predicted molar refractivity (Wildman–Crippen MR) is 82.8 cm³/mol. The molecule has 1 aliphatic rings. The summed E-state index contributed by atoms with van der Waals surface area (Å²) in [6, 6.07) is 5.69. The molecule has 0 spiro atoms. The van der Waals surface area contributed by atoms with Gasteiger partial charge in [0.05, 0.1) is 26.3 Å². The molecular formula is C15H17F2N3O2S. The predicted octanol–water partition coefficient (Wildman–Crippen LogP) is 3.16. The lowest BCUT2D eigenvalue weighted by atomic mass is 10.3. The van der Waals surface area contributed by atoms with Crippen LogP contribution in [0.15, 0.2) is 24.4 Å². The van der Waals surface area contributed by atoms with Crippen LogP contribution in [0.1, 0.15) is 22.0 Å². The fourth-order valence-corrected chi connectivity index (χ4v) is 3.24. The van der Waals surface area contributed by atoms with E-state index in [1.807, 2.05) is 24.0 Å². The van der Waals surface area contributed by atoms with Crippen molar-refractivity contribution < 1.29 is 18.3 Å². The third kappa shape index (κ3) is 4.21. The molecule has 124 valence electrons. The number of hydrogen-bond donors (Lipinski definition) is 0. The molecule has 0 aromatic carbocycles. The second-order valence-electron chi connectivity index (χ2n) is 5.14. The van der Waals surface area contributed by atoms with Gasteiger partial charge in [-0.1, -0.05) is 0 Å². The highest BCUT2D eigenvalue weighted by atomic mass is 32.1. The third-order valence-electron chi connectivity index (χ3n) is 3.38. The second-order valence-corrected chi connectivity index (χ2v) is 6.51. The Morgan fingerprint density at radius 1 is 1.30 bits per heavy atom. The van der Waals surface area contributed by atoms with Crippen LogP contribution in [0.3, 0.4) is 0 Å². The summed E-state index contributed by atoms with van der Waals surface area (Å²) in [5.41, 5.74) is 0. The number of thiophene rings is 1. The molecule has 0 amide bonds. The van der Waals surface area contributed by atoms with Crippen molar-refractivity contribution in [3.05, 3.63) is 40.0 Å². The highest BCUT2D eigenvalue weighted by Crippen LogP contribution is 2.23. The van der Waals surface area contributed by atoms with Crippen molar-refractivity contribution in [2.75, 3.05) is 24.7 Å². The number of alkyl halides is 2. The van der Waals surface area contributed by atoms with E-state index in [1.54, 1.807) is 17.4 Å². The summed E-state index contributed by atoms with van der Waals surface area (Å²) in [4.78, 5) is 11.8. The molecule has 0 N–H and O–H groups in total. The van der Waals surface area contributed by atoms with Gasteiger partial charge in [0, 0.05) is 16.0 Å². The van der Waals surface area contributed by atoms with Gasteiger partial charge in [-0.2, -0.15) is 0 Å². The fourth-order valence-electron chi connectivity index (χ4n) is 2.33. The number of halogens is 2. The smallest absolute Gasteiger partial charge is 0.297 e. The van der Waals surface area contributed by atoms with E-state index >= 15 is 0 Å². The first-order valence-corrected chi connectivity index (χ1v) is 8.08. The standard InChI is InChI=1S/C15H17F2N3O2S/c1-10-2-3-11(23-10)8-20(9-13-21-6-7-22-13)12-4-5-18-15(19-12)14(16)17/h2-5,13-14H,6-9H2,1H3. The van der Waals surface area contributed by atoms with Crippen LogP contribution in [0.4, 0.5) is 14.6 Å². The summed E-state index contributed by atoms with van der Waals surface area (Å²) in [7, 11) is 0. The van der Waals surface area contributed by atoms with E-state index in [9.17, 15) is 8.78 Å². The molecule has 1 fully saturated rings. The number of anilines is 1. The maximum atomic E-state index is 12.9. The number of nitrogens with zero attached hydrogens (tertiary/aromatic N) is 3. The molecule has 0 radical (unpaired) electrons. The first kappa shape index (κ1) is 16.2. The molecular weight excluding hydrogens is 324 g/mol. The van der Waals surface area contributed by atoms with Gasteiger partial charge >= 0.3 is 0 Å². The summed E-state index contributed by atoms with van der Waals surface area (Å²) < 4.78 is 36.7. The Morgan fingerprint density at radius 3 is 2.74 bits per heavy atom. The number of rotatable bonds is 6. The minimum Gasteiger partial charge on any atom is -0.348 e. The average molecular weight is 341 g/mol. The van der Waals surface area contributed by atoms with Crippen LogP contribution in [0.2, 0.25) is 0 Å². The lowest BCUT2D eigenvalue weighted by Gasteiger charge is -2.25. The Balaban J connectivity index is 1.82. The van der Waals surface area contributed by atoms with Gasteiger partial charge in [0.25, 0.3) is 6.43 Å². The molecule has 1 saturated heterocycles. The Bertz CT molecular complexity index is 647. The lowest BCUT2D eigenvalue weighted by Crippen LogP contribution is -2.33. The monoisotopic (exact) mass is 341 g/mol. The normalized spacial score (nSPS) is 15.5. The molecule has 0 aliphatic carbocycles. The van der Waals surface area contributed by atoms with Crippen LogP contribution in [0.25, 0.3) is 0 Å².